The monoisotopic (exact) mass is 255 g/mol. The van der Waals surface area contributed by atoms with Crippen LogP contribution in [-0.2, 0) is 19.1 Å². The molecule has 0 saturated heterocycles. The lowest BCUT2D eigenvalue weighted by atomic mass is 9.92. The molecule has 0 spiro atoms. The number of ether oxygens (including phenoxy) is 2. The van der Waals surface area contributed by atoms with Gasteiger partial charge in [0.05, 0.1) is 14.2 Å². The average Bonchev–Trinajstić information content (AvgIpc) is 2.32. The van der Waals surface area contributed by atoms with Crippen LogP contribution in [0.15, 0.2) is 16.6 Å². The second kappa shape index (κ2) is 6.93. The fourth-order valence-corrected chi connectivity index (χ4v) is 1.17. The molecule has 0 N–H and O–H groups in total. The maximum atomic E-state index is 11.5. The number of esters is 2. The highest BCUT2D eigenvalue weighted by Crippen LogP contribution is 2.18. The fourth-order valence-electron chi connectivity index (χ4n) is 1.17. The molecule has 0 rings (SSSR count). The zero-order chi connectivity index (χ0) is 14.3. The molecular formula is C13H21NO4. The van der Waals surface area contributed by atoms with Crippen LogP contribution in [0.3, 0.4) is 0 Å². The number of rotatable bonds is 5. The molecule has 0 aliphatic heterocycles. The molecule has 102 valence electrons. The highest BCUT2D eigenvalue weighted by atomic mass is 16.5. The number of aliphatic imine (C=N–C) groups is 1. The molecule has 0 bridgehead atoms. The molecule has 0 unspecified atom stereocenters. The number of methoxy groups -OCH3 is 2. The van der Waals surface area contributed by atoms with Gasteiger partial charge in [-0.3, -0.25) is 4.99 Å². The normalized spacial score (nSPS) is 11.5. The summed E-state index contributed by atoms with van der Waals surface area (Å²) < 4.78 is 9.11. The average molecular weight is 255 g/mol. The van der Waals surface area contributed by atoms with Crippen LogP contribution in [0, 0.1) is 5.41 Å². The van der Waals surface area contributed by atoms with E-state index in [4.69, 9.17) is 0 Å². The van der Waals surface area contributed by atoms with Crippen molar-refractivity contribution >= 4 is 18.2 Å². The highest BCUT2D eigenvalue weighted by molar-refractivity contribution is 6.14. The molecule has 0 heterocycles. The van der Waals surface area contributed by atoms with Gasteiger partial charge in [0.15, 0.2) is 0 Å². The zero-order valence-electron chi connectivity index (χ0n) is 11.8. The van der Waals surface area contributed by atoms with Gasteiger partial charge in [0.2, 0.25) is 0 Å². The summed E-state index contributed by atoms with van der Waals surface area (Å²) in [5.74, 6) is -1.43. The number of hydrogen-bond donors (Lipinski definition) is 0. The first kappa shape index (κ1) is 16.4. The highest BCUT2D eigenvalue weighted by Gasteiger charge is 2.24. The number of carbonyl (C=O) groups excluding carboxylic acids is 2. The first-order valence-corrected chi connectivity index (χ1v) is 5.67. The summed E-state index contributed by atoms with van der Waals surface area (Å²) in [6.45, 7) is 7.56. The summed E-state index contributed by atoms with van der Waals surface area (Å²) in [7, 11) is 2.43. The molecule has 0 aromatic rings. The Kier molecular flexibility index (Phi) is 6.30. The maximum absolute atomic E-state index is 11.5. The van der Waals surface area contributed by atoms with E-state index >= 15 is 0 Å². The van der Waals surface area contributed by atoms with Crippen molar-refractivity contribution < 1.29 is 19.1 Å². The van der Waals surface area contributed by atoms with Crippen LogP contribution in [-0.4, -0.2) is 38.4 Å². The molecule has 0 aliphatic carbocycles. The van der Waals surface area contributed by atoms with Crippen molar-refractivity contribution in [3.63, 3.8) is 0 Å². The predicted molar refractivity (Wildman–Crippen MR) is 69.5 cm³/mol. The van der Waals surface area contributed by atoms with E-state index < -0.39 is 17.4 Å². The van der Waals surface area contributed by atoms with E-state index in [9.17, 15) is 9.59 Å². The van der Waals surface area contributed by atoms with Crippen LogP contribution in [0.25, 0.3) is 0 Å². The van der Waals surface area contributed by atoms with E-state index in [-0.39, 0.29) is 11.6 Å². The smallest absolute Gasteiger partial charge is 0.344 e. The Hall–Kier alpha value is -1.65. The van der Waals surface area contributed by atoms with Gasteiger partial charge in [-0.05, 0) is 13.8 Å². The molecule has 0 atom stereocenters. The predicted octanol–water partition coefficient (Wildman–Crippen LogP) is 1.76. The second-order valence-electron chi connectivity index (χ2n) is 4.73. The van der Waals surface area contributed by atoms with E-state index in [1.165, 1.54) is 20.3 Å². The topological polar surface area (TPSA) is 65.0 Å². The van der Waals surface area contributed by atoms with Gasteiger partial charge in [-0.25, -0.2) is 9.59 Å². The zero-order valence-corrected chi connectivity index (χ0v) is 11.8. The first-order valence-electron chi connectivity index (χ1n) is 5.67. The molecule has 5 heteroatoms. The van der Waals surface area contributed by atoms with E-state index in [0.29, 0.717) is 0 Å². The number of hydrogen-bond acceptors (Lipinski definition) is 5. The summed E-state index contributed by atoms with van der Waals surface area (Å²) in [5, 5.41) is 0. The van der Waals surface area contributed by atoms with Gasteiger partial charge >= 0.3 is 11.9 Å². The standard InChI is InChI=1S/C13H21NO4/c1-9(2)14-8-13(3,4)7-10(11(15)17-5)12(16)18-6/h7-9H,1-6H3. The van der Waals surface area contributed by atoms with Crippen LogP contribution in [0.4, 0.5) is 0 Å². The molecule has 0 fully saturated rings. The largest absolute Gasteiger partial charge is 0.465 e. The van der Waals surface area contributed by atoms with E-state index in [0.717, 1.165) is 0 Å². The van der Waals surface area contributed by atoms with Gasteiger partial charge in [0, 0.05) is 17.7 Å². The van der Waals surface area contributed by atoms with Crippen LogP contribution < -0.4 is 0 Å². The molecule has 0 aromatic carbocycles. The molecule has 0 aliphatic rings. The van der Waals surface area contributed by atoms with Gasteiger partial charge in [-0.15, -0.1) is 0 Å². The molecule has 0 amide bonds. The molecule has 0 radical (unpaired) electrons. The summed E-state index contributed by atoms with van der Waals surface area (Å²) in [6, 6.07) is 0.150. The van der Waals surface area contributed by atoms with Gasteiger partial charge in [0.1, 0.15) is 5.57 Å². The van der Waals surface area contributed by atoms with Crippen molar-refractivity contribution in [3.8, 4) is 0 Å². The Morgan fingerprint density at radius 3 is 1.89 bits per heavy atom. The lowest BCUT2D eigenvalue weighted by Crippen LogP contribution is -2.21. The number of nitrogens with zero attached hydrogens (tertiary/aromatic N) is 1. The van der Waals surface area contributed by atoms with Crippen LogP contribution in [0.5, 0.6) is 0 Å². The van der Waals surface area contributed by atoms with Crippen molar-refractivity contribution in [1.82, 2.24) is 0 Å². The van der Waals surface area contributed by atoms with Gasteiger partial charge in [-0.1, -0.05) is 19.9 Å². The van der Waals surface area contributed by atoms with Crippen LogP contribution >= 0.6 is 0 Å². The van der Waals surface area contributed by atoms with Crippen molar-refractivity contribution in [2.75, 3.05) is 14.2 Å². The molecule has 18 heavy (non-hydrogen) atoms. The summed E-state index contributed by atoms with van der Waals surface area (Å²) >= 11 is 0. The lowest BCUT2D eigenvalue weighted by Gasteiger charge is -2.16. The summed E-state index contributed by atoms with van der Waals surface area (Å²) in [5.41, 5.74) is -0.665. The minimum absolute atomic E-state index is 0.125. The Bertz CT molecular complexity index is 349. The number of carbonyl (C=O) groups is 2. The number of allylic oxidation sites excluding steroid dienone is 1. The van der Waals surface area contributed by atoms with E-state index in [1.54, 1.807) is 6.21 Å². The third-order valence-electron chi connectivity index (χ3n) is 2.03. The summed E-state index contributed by atoms with van der Waals surface area (Å²) in [6.07, 6.45) is 3.19. The van der Waals surface area contributed by atoms with E-state index in [2.05, 4.69) is 14.5 Å². The SMILES string of the molecule is COC(=O)C(=CC(C)(C)C=NC(C)C)C(=O)OC. The molecular weight excluding hydrogens is 234 g/mol. The minimum Gasteiger partial charge on any atom is -0.465 e. The second-order valence-corrected chi connectivity index (χ2v) is 4.73. The van der Waals surface area contributed by atoms with Gasteiger partial charge in [-0.2, -0.15) is 0 Å². The van der Waals surface area contributed by atoms with Crippen molar-refractivity contribution in [1.29, 1.82) is 0 Å². The van der Waals surface area contributed by atoms with Crippen molar-refractivity contribution in [2.24, 2.45) is 10.4 Å². The fraction of sp³-hybridized carbons (Fsp3) is 0.615. The lowest BCUT2D eigenvalue weighted by molar-refractivity contribution is -0.144. The van der Waals surface area contributed by atoms with E-state index in [1.807, 2.05) is 27.7 Å². The van der Waals surface area contributed by atoms with Crippen molar-refractivity contribution in [3.05, 3.63) is 11.6 Å². The van der Waals surface area contributed by atoms with Crippen LogP contribution in [0.1, 0.15) is 27.7 Å². The maximum Gasteiger partial charge on any atom is 0.344 e. The molecule has 5 nitrogen and oxygen atoms in total. The first-order chi connectivity index (χ1) is 8.23. The van der Waals surface area contributed by atoms with Gasteiger partial charge < -0.3 is 9.47 Å². The summed E-state index contributed by atoms with van der Waals surface area (Å²) in [4.78, 5) is 27.2. The Labute approximate surface area is 108 Å². The minimum atomic E-state index is -0.715. The van der Waals surface area contributed by atoms with Gasteiger partial charge in [0.25, 0.3) is 0 Å². The Morgan fingerprint density at radius 1 is 1.11 bits per heavy atom. The van der Waals surface area contributed by atoms with Crippen molar-refractivity contribution in [2.45, 2.75) is 33.7 Å². The molecule has 0 saturated carbocycles. The third kappa shape index (κ3) is 5.61. The quantitative estimate of drug-likeness (QED) is 0.247. The van der Waals surface area contributed by atoms with Crippen LogP contribution in [0.2, 0.25) is 0 Å². The Balaban J connectivity index is 5.27. The third-order valence-corrected chi connectivity index (χ3v) is 2.03. The molecule has 0 aromatic heterocycles. The Morgan fingerprint density at radius 2 is 1.56 bits per heavy atom.